The van der Waals surface area contributed by atoms with E-state index in [1.165, 1.54) is 0 Å². The van der Waals surface area contributed by atoms with Gasteiger partial charge in [0.05, 0.1) is 5.57 Å². The van der Waals surface area contributed by atoms with Crippen LogP contribution in [-0.2, 0) is 16.0 Å². The van der Waals surface area contributed by atoms with Crippen molar-refractivity contribution in [3.05, 3.63) is 69.3 Å². The Morgan fingerprint density at radius 2 is 1.75 bits per heavy atom. The number of benzene rings is 2. The highest BCUT2D eigenvalue weighted by Gasteiger charge is 2.37. The fourth-order valence-electron chi connectivity index (χ4n) is 3.22. The SMILES string of the molecule is O=C1NC(=O)C(N2CCc3cc(Cl)ccc32)=C1c1cccc(Cl)c1. The van der Waals surface area contributed by atoms with Crippen LogP contribution in [0.1, 0.15) is 11.1 Å². The summed E-state index contributed by atoms with van der Waals surface area (Å²) in [6.07, 6.45) is 0.768. The smallest absolute Gasteiger partial charge is 0.275 e. The highest BCUT2D eigenvalue weighted by atomic mass is 35.5. The average Bonchev–Trinajstić information content (AvgIpc) is 3.06. The van der Waals surface area contributed by atoms with Crippen LogP contribution in [0.4, 0.5) is 5.69 Å². The molecule has 2 aromatic carbocycles. The third-order valence-corrected chi connectivity index (χ3v) is 4.70. The Morgan fingerprint density at radius 3 is 2.54 bits per heavy atom. The summed E-state index contributed by atoms with van der Waals surface area (Å²) in [6.45, 7) is 0.621. The molecule has 0 spiro atoms. The van der Waals surface area contributed by atoms with Gasteiger partial charge in [-0.25, -0.2) is 0 Å². The molecule has 0 aromatic heterocycles. The maximum absolute atomic E-state index is 12.4. The van der Waals surface area contributed by atoms with E-state index in [2.05, 4.69) is 5.32 Å². The number of amides is 2. The van der Waals surface area contributed by atoms with Crippen LogP contribution in [0.15, 0.2) is 48.2 Å². The third kappa shape index (κ3) is 2.39. The molecule has 1 N–H and O–H groups in total. The first-order valence-electron chi connectivity index (χ1n) is 7.46. The molecule has 4 rings (SSSR count). The van der Waals surface area contributed by atoms with Gasteiger partial charge in [-0.15, -0.1) is 0 Å². The van der Waals surface area contributed by atoms with Crippen molar-refractivity contribution in [3.63, 3.8) is 0 Å². The molecular formula is C18H12Cl2N2O2. The van der Waals surface area contributed by atoms with Gasteiger partial charge in [-0.2, -0.15) is 0 Å². The predicted octanol–water partition coefficient (Wildman–Crippen LogP) is 3.42. The number of fused-ring (bicyclic) bond motifs is 1. The summed E-state index contributed by atoms with van der Waals surface area (Å²) in [6, 6.07) is 12.5. The summed E-state index contributed by atoms with van der Waals surface area (Å²) in [5.74, 6) is -0.794. The molecule has 0 unspecified atom stereocenters. The lowest BCUT2D eigenvalue weighted by atomic mass is 10.0. The Balaban J connectivity index is 1.89. The zero-order chi connectivity index (χ0) is 16.8. The molecule has 0 fully saturated rings. The quantitative estimate of drug-likeness (QED) is 0.836. The molecule has 0 radical (unpaired) electrons. The molecule has 4 nitrogen and oxygen atoms in total. The second kappa shape index (κ2) is 5.65. The van der Waals surface area contributed by atoms with Gasteiger partial charge >= 0.3 is 0 Å². The average molecular weight is 359 g/mol. The van der Waals surface area contributed by atoms with Crippen LogP contribution in [0, 0.1) is 0 Å². The van der Waals surface area contributed by atoms with Gasteiger partial charge in [-0.05, 0) is 47.9 Å². The van der Waals surface area contributed by atoms with Gasteiger partial charge < -0.3 is 4.90 Å². The van der Waals surface area contributed by atoms with Crippen molar-refractivity contribution in [1.82, 2.24) is 5.32 Å². The molecule has 0 saturated carbocycles. The van der Waals surface area contributed by atoms with Crippen LogP contribution < -0.4 is 10.2 Å². The maximum Gasteiger partial charge on any atom is 0.275 e. The van der Waals surface area contributed by atoms with Gasteiger partial charge in [0.25, 0.3) is 11.8 Å². The monoisotopic (exact) mass is 358 g/mol. The van der Waals surface area contributed by atoms with E-state index in [-0.39, 0.29) is 0 Å². The van der Waals surface area contributed by atoms with Crippen LogP contribution >= 0.6 is 23.2 Å². The predicted molar refractivity (Wildman–Crippen MR) is 94.0 cm³/mol. The second-order valence-corrected chi connectivity index (χ2v) is 6.56. The maximum atomic E-state index is 12.4. The minimum absolute atomic E-state index is 0.352. The fourth-order valence-corrected chi connectivity index (χ4v) is 3.60. The van der Waals surface area contributed by atoms with E-state index < -0.39 is 11.8 Å². The van der Waals surface area contributed by atoms with Crippen LogP contribution in [0.3, 0.4) is 0 Å². The topological polar surface area (TPSA) is 49.4 Å². The van der Waals surface area contributed by atoms with Crippen LogP contribution in [0.25, 0.3) is 5.57 Å². The van der Waals surface area contributed by atoms with Crippen LogP contribution in [0.5, 0.6) is 0 Å². The number of hydrogen-bond acceptors (Lipinski definition) is 3. The first-order valence-corrected chi connectivity index (χ1v) is 8.22. The molecule has 2 aromatic rings. The van der Waals surface area contributed by atoms with Gasteiger partial charge in [0.15, 0.2) is 0 Å². The van der Waals surface area contributed by atoms with Crippen molar-refractivity contribution in [2.24, 2.45) is 0 Å². The molecule has 0 aliphatic carbocycles. The molecule has 0 saturated heterocycles. The molecule has 24 heavy (non-hydrogen) atoms. The Bertz CT molecular complexity index is 921. The lowest BCUT2D eigenvalue weighted by Gasteiger charge is -2.20. The summed E-state index contributed by atoms with van der Waals surface area (Å²) in [5, 5.41) is 3.56. The molecule has 2 amide bonds. The normalized spacial score (nSPS) is 16.7. The summed E-state index contributed by atoms with van der Waals surface area (Å²) in [4.78, 5) is 26.7. The molecule has 0 bridgehead atoms. The number of anilines is 1. The zero-order valence-corrected chi connectivity index (χ0v) is 14.0. The lowest BCUT2D eigenvalue weighted by Crippen LogP contribution is -2.29. The van der Waals surface area contributed by atoms with E-state index in [9.17, 15) is 9.59 Å². The molecular weight excluding hydrogens is 347 g/mol. The van der Waals surface area contributed by atoms with Crippen molar-refractivity contribution in [2.45, 2.75) is 6.42 Å². The van der Waals surface area contributed by atoms with Gasteiger partial charge in [-0.3, -0.25) is 14.9 Å². The molecule has 2 heterocycles. The van der Waals surface area contributed by atoms with Crippen molar-refractivity contribution < 1.29 is 9.59 Å². The van der Waals surface area contributed by atoms with Gasteiger partial charge in [0, 0.05) is 22.3 Å². The van der Waals surface area contributed by atoms with E-state index in [1.54, 1.807) is 30.3 Å². The Kier molecular flexibility index (Phi) is 3.59. The Labute approximate surface area is 148 Å². The highest BCUT2D eigenvalue weighted by Crippen LogP contribution is 2.37. The van der Waals surface area contributed by atoms with E-state index in [0.717, 1.165) is 17.7 Å². The summed E-state index contributed by atoms with van der Waals surface area (Å²) in [5.41, 5.74) is 3.31. The van der Waals surface area contributed by atoms with E-state index in [0.29, 0.717) is 33.4 Å². The van der Waals surface area contributed by atoms with E-state index >= 15 is 0 Å². The second-order valence-electron chi connectivity index (χ2n) is 5.69. The third-order valence-electron chi connectivity index (χ3n) is 4.23. The Hall–Kier alpha value is -2.30. The van der Waals surface area contributed by atoms with Crippen molar-refractivity contribution >= 4 is 46.3 Å². The van der Waals surface area contributed by atoms with E-state index in [4.69, 9.17) is 23.2 Å². The summed E-state index contributed by atoms with van der Waals surface area (Å²) in [7, 11) is 0. The van der Waals surface area contributed by atoms with E-state index in [1.807, 2.05) is 17.0 Å². The van der Waals surface area contributed by atoms with Crippen LogP contribution in [0.2, 0.25) is 10.0 Å². The number of nitrogens with one attached hydrogen (secondary N) is 1. The fraction of sp³-hybridized carbons (Fsp3) is 0.111. The Morgan fingerprint density at radius 1 is 0.958 bits per heavy atom. The number of rotatable bonds is 2. The van der Waals surface area contributed by atoms with Crippen molar-refractivity contribution in [3.8, 4) is 0 Å². The standard InChI is InChI=1S/C18H12Cl2N2O2/c19-12-3-1-2-11(9-12)15-16(18(24)21-17(15)23)22-7-6-10-8-13(20)4-5-14(10)22/h1-5,8-9H,6-7H2,(H,21,23,24). The summed E-state index contributed by atoms with van der Waals surface area (Å²) < 4.78 is 0. The number of imide groups is 1. The number of hydrogen-bond donors (Lipinski definition) is 1. The number of carbonyl (C=O) groups is 2. The largest absolute Gasteiger partial charge is 0.336 e. The highest BCUT2D eigenvalue weighted by molar-refractivity contribution is 6.37. The zero-order valence-electron chi connectivity index (χ0n) is 12.5. The van der Waals surface area contributed by atoms with Gasteiger partial charge in [-0.1, -0.05) is 35.3 Å². The summed E-state index contributed by atoms with van der Waals surface area (Å²) >= 11 is 12.1. The lowest BCUT2D eigenvalue weighted by molar-refractivity contribution is -0.123. The van der Waals surface area contributed by atoms with Gasteiger partial charge in [0.1, 0.15) is 5.70 Å². The van der Waals surface area contributed by atoms with Crippen molar-refractivity contribution in [2.75, 3.05) is 11.4 Å². The minimum atomic E-state index is -0.403. The molecule has 120 valence electrons. The molecule has 2 aliphatic heterocycles. The molecule has 0 atom stereocenters. The first-order chi connectivity index (χ1) is 11.5. The van der Waals surface area contributed by atoms with Crippen molar-refractivity contribution in [1.29, 1.82) is 0 Å². The minimum Gasteiger partial charge on any atom is -0.336 e. The number of nitrogens with zero attached hydrogens (tertiary/aromatic N) is 1. The van der Waals surface area contributed by atoms with Crippen LogP contribution in [-0.4, -0.2) is 18.4 Å². The molecule has 6 heteroatoms. The number of halogens is 2. The number of carbonyl (C=O) groups excluding carboxylic acids is 2. The molecule has 2 aliphatic rings. The first kappa shape index (κ1) is 15.2. The van der Waals surface area contributed by atoms with Gasteiger partial charge in [0.2, 0.25) is 0 Å².